The van der Waals surface area contributed by atoms with Crippen molar-refractivity contribution in [1.29, 1.82) is 0 Å². The van der Waals surface area contributed by atoms with Crippen LogP contribution in [-0.4, -0.2) is 11.1 Å². The number of nitrogens with one attached hydrogen (secondary N) is 1. The van der Waals surface area contributed by atoms with Crippen molar-refractivity contribution in [3.8, 4) is 0 Å². The number of carboxylic acids is 1. The summed E-state index contributed by atoms with van der Waals surface area (Å²) < 4.78 is 1.05. The summed E-state index contributed by atoms with van der Waals surface area (Å²) in [7, 11) is 0. The number of hydrogen-bond donors (Lipinski definition) is 2. The third-order valence-electron chi connectivity index (χ3n) is 1.24. The molecule has 1 aromatic heterocycles. The molecule has 1 heterocycles. The highest BCUT2D eigenvalue weighted by Gasteiger charge is 1.94. The minimum Gasteiger partial charge on any atom is -0.478 e. The van der Waals surface area contributed by atoms with E-state index in [0.717, 1.165) is 15.4 Å². The Morgan fingerprint density at radius 1 is 1.77 bits per heavy atom. The average molecular weight is 262 g/mol. The molecule has 0 bridgehead atoms. The molecule has 0 unspecified atom stereocenters. The predicted octanol–water partition coefficient (Wildman–Crippen LogP) is 2.20. The first-order valence-corrected chi connectivity index (χ1v) is 5.21. The van der Waals surface area contributed by atoms with Gasteiger partial charge in [0.2, 0.25) is 0 Å². The molecule has 0 amide bonds. The van der Waals surface area contributed by atoms with Crippen molar-refractivity contribution in [2.75, 3.05) is 0 Å². The standard InChI is InChI=1S/C8H8BrNO2S/c9-6-3-7(13-5-6)4-10-2-1-8(11)12/h1-3,5,10H,4H2,(H,11,12)/b2-1+. The molecule has 0 aliphatic carbocycles. The third kappa shape index (κ3) is 4.10. The van der Waals surface area contributed by atoms with Crippen molar-refractivity contribution in [3.05, 3.63) is 33.1 Å². The molecule has 0 radical (unpaired) electrons. The second kappa shape index (κ2) is 5.04. The van der Waals surface area contributed by atoms with E-state index >= 15 is 0 Å². The number of carbonyl (C=O) groups is 1. The van der Waals surface area contributed by atoms with Crippen LogP contribution >= 0.6 is 27.3 Å². The highest BCUT2D eigenvalue weighted by atomic mass is 79.9. The minimum atomic E-state index is -0.945. The van der Waals surface area contributed by atoms with Crippen molar-refractivity contribution in [2.24, 2.45) is 0 Å². The molecule has 5 heteroatoms. The molecule has 0 spiro atoms. The normalized spacial score (nSPS) is 10.5. The van der Waals surface area contributed by atoms with Crippen LogP contribution in [0.2, 0.25) is 0 Å². The van der Waals surface area contributed by atoms with Crippen molar-refractivity contribution in [2.45, 2.75) is 6.54 Å². The Morgan fingerprint density at radius 3 is 3.08 bits per heavy atom. The molecule has 0 atom stereocenters. The second-order valence-electron chi connectivity index (χ2n) is 2.28. The molecule has 0 saturated heterocycles. The Kier molecular flexibility index (Phi) is 3.98. The van der Waals surface area contributed by atoms with Crippen molar-refractivity contribution in [1.82, 2.24) is 5.32 Å². The molecular weight excluding hydrogens is 254 g/mol. The van der Waals surface area contributed by atoms with Gasteiger partial charge in [-0.2, -0.15) is 0 Å². The van der Waals surface area contributed by atoms with Gasteiger partial charge >= 0.3 is 5.97 Å². The SMILES string of the molecule is O=C(O)/C=C/NCc1cc(Br)cs1. The lowest BCUT2D eigenvalue weighted by Crippen LogP contribution is -2.03. The summed E-state index contributed by atoms with van der Waals surface area (Å²) in [6.07, 6.45) is 2.50. The molecule has 1 aromatic rings. The smallest absolute Gasteiger partial charge is 0.329 e. The number of halogens is 1. The quantitative estimate of drug-likeness (QED) is 0.818. The van der Waals surface area contributed by atoms with Gasteiger partial charge in [-0.15, -0.1) is 11.3 Å². The molecule has 3 nitrogen and oxygen atoms in total. The summed E-state index contributed by atoms with van der Waals surface area (Å²) in [6, 6.07) is 1.99. The first kappa shape index (κ1) is 10.3. The number of aliphatic carboxylic acids is 1. The van der Waals surface area contributed by atoms with Gasteiger partial charge < -0.3 is 10.4 Å². The zero-order valence-electron chi connectivity index (χ0n) is 6.66. The summed E-state index contributed by atoms with van der Waals surface area (Å²) >= 11 is 4.95. The Bertz CT molecular complexity index is 322. The largest absolute Gasteiger partial charge is 0.478 e. The van der Waals surface area contributed by atoms with Gasteiger partial charge in [0.05, 0.1) is 0 Å². The van der Waals surface area contributed by atoms with E-state index < -0.39 is 5.97 Å². The molecule has 0 saturated carbocycles. The number of thiophene rings is 1. The topological polar surface area (TPSA) is 49.3 Å². The molecule has 0 aromatic carbocycles. The van der Waals surface area contributed by atoms with E-state index in [4.69, 9.17) is 5.11 Å². The Morgan fingerprint density at radius 2 is 2.54 bits per heavy atom. The van der Waals surface area contributed by atoms with Gasteiger partial charge in [-0.25, -0.2) is 4.79 Å². The van der Waals surface area contributed by atoms with Gasteiger partial charge in [-0.3, -0.25) is 0 Å². The molecule has 13 heavy (non-hydrogen) atoms. The van der Waals surface area contributed by atoms with Crippen LogP contribution in [-0.2, 0) is 11.3 Å². The molecule has 1 rings (SSSR count). The Labute approximate surface area is 88.2 Å². The van der Waals surface area contributed by atoms with Gasteiger partial charge in [-0.05, 0) is 22.0 Å². The van der Waals surface area contributed by atoms with Crippen LogP contribution in [0.4, 0.5) is 0 Å². The first-order valence-electron chi connectivity index (χ1n) is 3.54. The van der Waals surface area contributed by atoms with E-state index in [1.807, 2.05) is 11.4 Å². The van der Waals surface area contributed by atoms with Gasteiger partial charge in [0, 0.05) is 33.6 Å². The van der Waals surface area contributed by atoms with E-state index in [-0.39, 0.29) is 0 Å². The van der Waals surface area contributed by atoms with Crippen molar-refractivity contribution >= 4 is 33.2 Å². The number of carboxylic acid groups (broad SMARTS) is 1. The van der Waals surface area contributed by atoms with Gasteiger partial charge in [0.25, 0.3) is 0 Å². The fraction of sp³-hybridized carbons (Fsp3) is 0.125. The van der Waals surface area contributed by atoms with Crippen LogP contribution in [0.5, 0.6) is 0 Å². The molecule has 0 aliphatic heterocycles. The first-order chi connectivity index (χ1) is 6.18. The van der Waals surface area contributed by atoms with Crippen molar-refractivity contribution in [3.63, 3.8) is 0 Å². The van der Waals surface area contributed by atoms with E-state index in [2.05, 4.69) is 21.2 Å². The van der Waals surface area contributed by atoms with E-state index in [9.17, 15) is 4.79 Å². The van der Waals surface area contributed by atoms with E-state index in [1.165, 1.54) is 6.20 Å². The van der Waals surface area contributed by atoms with Crippen LogP contribution in [0, 0.1) is 0 Å². The zero-order valence-corrected chi connectivity index (χ0v) is 9.06. The van der Waals surface area contributed by atoms with Crippen LogP contribution in [0.3, 0.4) is 0 Å². The summed E-state index contributed by atoms with van der Waals surface area (Å²) in [6.45, 7) is 0.653. The lowest BCUT2D eigenvalue weighted by molar-refractivity contribution is -0.131. The maximum Gasteiger partial charge on any atom is 0.329 e. The molecule has 2 N–H and O–H groups in total. The maximum absolute atomic E-state index is 10.1. The monoisotopic (exact) mass is 261 g/mol. The molecule has 70 valence electrons. The highest BCUT2D eigenvalue weighted by Crippen LogP contribution is 2.19. The predicted molar refractivity (Wildman–Crippen MR) is 55.6 cm³/mol. The molecular formula is C8H8BrNO2S. The fourth-order valence-corrected chi connectivity index (χ4v) is 2.14. The number of rotatable bonds is 4. The molecule has 0 fully saturated rings. The van der Waals surface area contributed by atoms with E-state index in [1.54, 1.807) is 11.3 Å². The maximum atomic E-state index is 10.1. The van der Waals surface area contributed by atoms with E-state index in [0.29, 0.717) is 6.54 Å². The summed E-state index contributed by atoms with van der Waals surface area (Å²) in [5.41, 5.74) is 0. The molecule has 0 aliphatic rings. The van der Waals surface area contributed by atoms with Gasteiger partial charge in [-0.1, -0.05) is 0 Å². The van der Waals surface area contributed by atoms with Crippen LogP contribution in [0.25, 0.3) is 0 Å². The Balaban J connectivity index is 2.31. The number of hydrogen-bond acceptors (Lipinski definition) is 3. The summed E-state index contributed by atoms with van der Waals surface area (Å²) in [5, 5.41) is 13.1. The lowest BCUT2D eigenvalue weighted by atomic mass is 10.4. The van der Waals surface area contributed by atoms with Gasteiger partial charge in [0.1, 0.15) is 0 Å². The van der Waals surface area contributed by atoms with Crippen LogP contribution < -0.4 is 5.32 Å². The Hall–Kier alpha value is -0.810. The fourth-order valence-electron chi connectivity index (χ4n) is 0.736. The van der Waals surface area contributed by atoms with Crippen LogP contribution in [0.15, 0.2) is 28.2 Å². The summed E-state index contributed by atoms with van der Waals surface area (Å²) in [5.74, 6) is -0.945. The zero-order chi connectivity index (χ0) is 9.68. The average Bonchev–Trinajstić information content (AvgIpc) is 2.45. The lowest BCUT2D eigenvalue weighted by Gasteiger charge is -1.94. The highest BCUT2D eigenvalue weighted by molar-refractivity contribution is 9.10. The van der Waals surface area contributed by atoms with Gasteiger partial charge in [0.15, 0.2) is 0 Å². The summed E-state index contributed by atoms with van der Waals surface area (Å²) in [4.78, 5) is 11.2. The van der Waals surface area contributed by atoms with Crippen molar-refractivity contribution < 1.29 is 9.90 Å². The second-order valence-corrected chi connectivity index (χ2v) is 4.20. The third-order valence-corrected chi connectivity index (χ3v) is 2.94. The minimum absolute atomic E-state index is 0.653. The van der Waals surface area contributed by atoms with Crippen LogP contribution in [0.1, 0.15) is 4.88 Å².